The zero-order valence-electron chi connectivity index (χ0n) is 16.0. The fraction of sp³-hybridized carbons (Fsp3) is 0.381. The molecule has 2 amide bonds. The molecule has 1 aliphatic heterocycles. The zero-order chi connectivity index (χ0) is 20.1. The van der Waals surface area contributed by atoms with Gasteiger partial charge in [-0.15, -0.1) is 0 Å². The number of halogens is 1. The second-order valence-electron chi connectivity index (χ2n) is 6.95. The molecule has 6 nitrogen and oxygen atoms in total. The second-order valence-corrected chi connectivity index (χ2v) is 6.95. The van der Waals surface area contributed by atoms with E-state index in [-0.39, 0.29) is 41.5 Å². The highest BCUT2D eigenvalue weighted by Crippen LogP contribution is 2.28. The largest absolute Gasteiger partial charge is 0.383 e. The summed E-state index contributed by atoms with van der Waals surface area (Å²) in [7, 11) is 0. The van der Waals surface area contributed by atoms with Crippen molar-refractivity contribution in [3.63, 3.8) is 0 Å². The van der Waals surface area contributed by atoms with Gasteiger partial charge in [0.1, 0.15) is 11.6 Å². The highest BCUT2D eigenvalue weighted by molar-refractivity contribution is 5.98. The van der Waals surface area contributed by atoms with E-state index in [0.29, 0.717) is 25.1 Å². The first-order valence-electron chi connectivity index (χ1n) is 9.55. The minimum Gasteiger partial charge on any atom is -0.383 e. The average Bonchev–Trinajstić information content (AvgIpc) is 2.72. The number of amides is 2. The van der Waals surface area contributed by atoms with Crippen LogP contribution in [-0.2, 0) is 11.3 Å². The molecule has 0 bridgehead atoms. The number of anilines is 1. The van der Waals surface area contributed by atoms with Gasteiger partial charge >= 0.3 is 0 Å². The molecule has 1 fully saturated rings. The number of rotatable bonds is 5. The standard InChI is InChI=1S/C21H25FN4O2/c1-2-19(27)26-11-9-14(10-12-26)18-8-7-16(20(23)25-18)21(28)24-13-15-5-3-4-6-17(15)22/h3-8,14H,2,9-13H2,1H3,(H2,23,25)(H,24,28). The summed E-state index contributed by atoms with van der Waals surface area (Å²) in [6.07, 6.45) is 2.18. The van der Waals surface area contributed by atoms with Crippen LogP contribution in [0.3, 0.4) is 0 Å². The molecule has 148 valence electrons. The lowest BCUT2D eigenvalue weighted by Gasteiger charge is -2.31. The van der Waals surface area contributed by atoms with Crippen LogP contribution < -0.4 is 11.1 Å². The maximum Gasteiger partial charge on any atom is 0.255 e. The molecule has 0 spiro atoms. The number of nitrogens with one attached hydrogen (secondary N) is 1. The maximum atomic E-state index is 13.7. The Morgan fingerprint density at radius 1 is 1.21 bits per heavy atom. The first-order chi connectivity index (χ1) is 13.5. The van der Waals surface area contributed by atoms with Gasteiger partial charge in [-0.3, -0.25) is 9.59 Å². The van der Waals surface area contributed by atoms with Crippen LogP contribution in [0.5, 0.6) is 0 Å². The second kappa shape index (κ2) is 8.82. The number of nitrogen functional groups attached to an aromatic ring is 1. The Labute approximate surface area is 163 Å². The zero-order valence-corrected chi connectivity index (χ0v) is 16.0. The Bertz CT molecular complexity index is 863. The average molecular weight is 384 g/mol. The Morgan fingerprint density at radius 2 is 1.93 bits per heavy atom. The molecule has 3 N–H and O–H groups in total. The van der Waals surface area contributed by atoms with Crippen molar-refractivity contribution in [3.05, 3.63) is 59.0 Å². The highest BCUT2D eigenvalue weighted by Gasteiger charge is 2.24. The number of carbonyl (C=O) groups is 2. The molecule has 1 saturated heterocycles. The number of benzene rings is 1. The molecule has 1 aromatic carbocycles. The van der Waals surface area contributed by atoms with E-state index in [2.05, 4.69) is 10.3 Å². The molecule has 0 radical (unpaired) electrons. The lowest BCUT2D eigenvalue weighted by Crippen LogP contribution is -2.37. The lowest BCUT2D eigenvalue weighted by molar-refractivity contribution is -0.131. The third kappa shape index (κ3) is 4.47. The molecule has 1 aliphatic rings. The maximum absolute atomic E-state index is 13.7. The Hall–Kier alpha value is -2.96. The molecule has 2 aromatic rings. The van der Waals surface area contributed by atoms with E-state index < -0.39 is 0 Å². The monoisotopic (exact) mass is 384 g/mol. The summed E-state index contributed by atoms with van der Waals surface area (Å²) in [5.74, 6) is -0.192. The van der Waals surface area contributed by atoms with Crippen LogP contribution in [0.4, 0.5) is 10.2 Å². The number of aromatic nitrogens is 1. The van der Waals surface area contributed by atoms with Crippen molar-refractivity contribution in [2.24, 2.45) is 0 Å². The highest BCUT2D eigenvalue weighted by atomic mass is 19.1. The van der Waals surface area contributed by atoms with Crippen molar-refractivity contribution in [3.8, 4) is 0 Å². The number of hydrogen-bond acceptors (Lipinski definition) is 4. The number of nitrogens with two attached hydrogens (primary N) is 1. The van der Waals surface area contributed by atoms with E-state index in [1.807, 2.05) is 17.9 Å². The van der Waals surface area contributed by atoms with Crippen molar-refractivity contribution >= 4 is 17.6 Å². The van der Waals surface area contributed by atoms with Crippen molar-refractivity contribution in [2.75, 3.05) is 18.8 Å². The van der Waals surface area contributed by atoms with Gasteiger partial charge in [0, 0.05) is 43.2 Å². The lowest BCUT2D eigenvalue weighted by atomic mass is 9.92. The van der Waals surface area contributed by atoms with Crippen LogP contribution in [0.25, 0.3) is 0 Å². The summed E-state index contributed by atoms with van der Waals surface area (Å²) in [6, 6.07) is 9.77. The van der Waals surface area contributed by atoms with Crippen LogP contribution in [0.2, 0.25) is 0 Å². The van der Waals surface area contributed by atoms with Crippen LogP contribution in [0.15, 0.2) is 36.4 Å². The third-order valence-electron chi connectivity index (χ3n) is 5.16. The number of likely N-dealkylation sites (tertiary alicyclic amines) is 1. The van der Waals surface area contributed by atoms with Gasteiger partial charge in [-0.1, -0.05) is 25.1 Å². The molecule has 1 aromatic heterocycles. The van der Waals surface area contributed by atoms with Crippen molar-refractivity contribution in [1.82, 2.24) is 15.2 Å². The Morgan fingerprint density at radius 3 is 2.57 bits per heavy atom. The molecular formula is C21H25FN4O2. The van der Waals surface area contributed by atoms with Crippen LogP contribution >= 0.6 is 0 Å². The van der Waals surface area contributed by atoms with Gasteiger partial charge in [-0.25, -0.2) is 9.37 Å². The number of carbonyl (C=O) groups excluding carboxylic acids is 2. The summed E-state index contributed by atoms with van der Waals surface area (Å²) in [4.78, 5) is 30.5. The summed E-state index contributed by atoms with van der Waals surface area (Å²) in [5.41, 5.74) is 7.54. The number of pyridine rings is 1. The first kappa shape index (κ1) is 19.8. The minimum atomic E-state index is -0.386. The van der Waals surface area contributed by atoms with Crippen molar-refractivity contribution < 1.29 is 14.0 Å². The molecular weight excluding hydrogens is 359 g/mol. The van der Waals surface area contributed by atoms with Gasteiger partial charge in [0.15, 0.2) is 0 Å². The summed E-state index contributed by atoms with van der Waals surface area (Å²) < 4.78 is 13.7. The fourth-order valence-electron chi connectivity index (χ4n) is 3.47. The van der Waals surface area contributed by atoms with Gasteiger partial charge in [-0.05, 0) is 31.0 Å². The van der Waals surface area contributed by atoms with Crippen LogP contribution in [0.1, 0.15) is 53.7 Å². The SMILES string of the molecule is CCC(=O)N1CCC(c2ccc(C(=O)NCc3ccccc3F)c(N)n2)CC1. The smallest absolute Gasteiger partial charge is 0.255 e. The van der Waals surface area contributed by atoms with Gasteiger partial charge in [-0.2, -0.15) is 0 Å². The quantitative estimate of drug-likeness (QED) is 0.830. The normalized spacial score (nSPS) is 14.7. The van der Waals surface area contributed by atoms with Crippen LogP contribution in [-0.4, -0.2) is 34.8 Å². The van der Waals surface area contributed by atoms with Crippen LogP contribution in [0, 0.1) is 5.82 Å². The van der Waals surface area contributed by atoms with Gasteiger partial charge in [0.25, 0.3) is 5.91 Å². The molecule has 0 aliphatic carbocycles. The first-order valence-corrected chi connectivity index (χ1v) is 9.55. The number of piperidine rings is 1. The van der Waals surface area contributed by atoms with Crippen molar-refractivity contribution in [2.45, 2.75) is 38.6 Å². The molecule has 0 saturated carbocycles. The third-order valence-corrected chi connectivity index (χ3v) is 5.16. The van der Waals surface area contributed by atoms with E-state index in [9.17, 15) is 14.0 Å². The molecule has 3 rings (SSSR count). The molecule has 28 heavy (non-hydrogen) atoms. The summed E-state index contributed by atoms with van der Waals surface area (Å²) >= 11 is 0. The summed E-state index contributed by atoms with van der Waals surface area (Å²) in [6.45, 7) is 3.37. The topological polar surface area (TPSA) is 88.3 Å². The fourth-order valence-corrected chi connectivity index (χ4v) is 3.47. The predicted molar refractivity (Wildman–Crippen MR) is 105 cm³/mol. The van der Waals surface area contributed by atoms with E-state index in [1.54, 1.807) is 24.3 Å². The van der Waals surface area contributed by atoms with Gasteiger partial charge < -0.3 is 16.0 Å². The summed E-state index contributed by atoms with van der Waals surface area (Å²) in [5, 5.41) is 2.68. The Kier molecular flexibility index (Phi) is 6.23. The van der Waals surface area contributed by atoms with E-state index in [4.69, 9.17) is 5.73 Å². The minimum absolute atomic E-state index is 0.0800. The van der Waals surface area contributed by atoms with Crippen molar-refractivity contribution in [1.29, 1.82) is 0 Å². The van der Waals surface area contributed by atoms with E-state index >= 15 is 0 Å². The molecule has 0 atom stereocenters. The molecule has 2 heterocycles. The Balaban J connectivity index is 1.62. The van der Waals surface area contributed by atoms with E-state index in [0.717, 1.165) is 18.5 Å². The molecule has 0 unspecified atom stereocenters. The van der Waals surface area contributed by atoms with Gasteiger partial charge in [0.05, 0.1) is 5.56 Å². The number of nitrogens with zero attached hydrogens (tertiary/aromatic N) is 2. The predicted octanol–water partition coefficient (Wildman–Crippen LogP) is 2.85. The van der Waals surface area contributed by atoms with Gasteiger partial charge in [0.2, 0.25) is 5.91 Å². The number of hydrogen-bond donors (Lipinski definition) is 2. The molecule has 7 heteroatoms. The van der Waals surface area contributed by atoms with E-state index in [1.165, 1.54) is 6.07 Å².